The fourth-order valence-corrected chi connectivity index (χ4v) is 3.70. The van der Waals surface area contributed by atoms with Crippen LogP contribution in [0.2, 0.25) is 0 Å². The van der Waals surface area contributed by atoms with Gasteiger partial charge in [0, 0.05) is 12.1 Å². The van der Waals surface area contributed by atoms with Crippen LogP contribution in [0.25, 0.3) is 0 Å². The lowest BCUT2D eigenvalue weighted by molar-refractivity contribution is -0.116. The van der Waals surface area contributed by atoms with Gasteiger partial charge in [-0.05, 0) is 76.7 Å². The van der Waals surface area contributed by atoms with Gasteiger partial charge >= 0.3 is 0 Å². The number of carbonyl (C=O) groups excluding carboxylic acids is 1. The van der Waals surface area contributed by atoms with Crippen LogP contribution in [0.3, 0.4) is 0 Å². The number of rotatable bonds is 8. The molecule has 0 spiro atoms. The van der Waals surface area contributed by atoms with Crippen molar-refractivity contribution in [2.75, 3.05) is 17.2 Å². The molecule has 168 valence electrons. The summed E-state index contributed by atoms with van der Waals surface area (Å²) >= 11 is 3.59. The molecule has 32 heavy (non-hydrogen) atoms. The van der Waals surface area contributed by atoms with E-state index in [1.807, 2.05) is 42.5 Å². The molecule has 0 aliphatic carbocycles. The van der Waals surface area contributed by atoms with Crippen molar-refractivity contribution in [1.29, 1.82) is 0 Å². The van der Waals surface area contributed by atoms with Crippen LogP contribution in [0.15, 0.2) is 71.2 Å². The van der Waals surface area contributed by atoms with Crippen LogP contribution in [0.1, 0.15) is 44.7 Å². The van der Waals surface area contributed by atoms with Gasteiger partial charge in [-0.15, -0.1) is 0 Å². The summed E-state index contributed by atoms with van der Waals surface area (Å²) in [6.45, 7) is 9.08. The zero-order valence-corrected chi connectivity index (χ0v) is 20.8. The van der Waals surface area contributed by atoms with E-state index in [2.05, 4.69) is 78.5 Å². The number of carbonyl (C=O) groups is 1. The number of amides is 1. The minimum atomic E-state index is -0.0334. The van der Waals surface area contributed by atoms with Gasteiger partial charge in [0.1, 0.15) is 5.75 Å². The molecule has 0 saturated carbocycles. The third kappa shape index (κ3) is 6.86. The molecular formula is C27H31BrN2O2. The van der Waals surface area contributed by atoms with E-state index in [4.69, 9.17) is 4.74 Å². The summed E-state index contributed by atoms with van der Waals surface area (Å²) in [4.78, 5) is 12.5. The summed E-state index contributed by atoms with van der Waals surface area (Å²) in [5.41, 5.74) is 5.15. The maximum Gasteiger partial charge on any atom is 0.224 e. The van der Waals surface area contributed by atoms with Crippen LogP contribution < -0.4 is 15.4 Å². The Morgan fingerprint density at radius 2 is 1.66 bits per heavy atom. The Kier molecular flexibility index (Phi) is 7.97. The molecular weight excluding hydrogens is 464 g/mol. The molecule has 0 aromatic heterocycles. The first-order chi connectivity index (χ1) is 15.2. The summed E-state index contributed by atoms with van der Waals surface area (Å²) < 4.78 is 6.81. The van der Waals surface area contributed by atoms with Gasteiger partial charge in [-0.25, -0.2) is 0 Å². The number of halogens is 1. The molecule has 0 aliphatic rings. The van der Waals surface area contributed by atoms with E-state index < -0.39 is 0 Å². The average molecular weight is 495 g/mol. The quantitative estimate of drug-likeness (QED) is 0.317. The molecule has 3 aromatic rings. The van der Waals surface area contributed by atoms with Crippen molar-refractivity contribution in [2.24, 2.45) is 0 Å². The summed E-state index contributed by atoms with van der Waals surface area (Å²) in [5.74, 6) is 0.764. The largest absolute Gasteiger partial charge is 0.492 e. The van der Waals surface area contributed by atoms with E-state index in [0.29, 0.717) is 19.4 Å². The van der Waals surface area contributed by atoms with Crippen LogP contribution in [-0.2, 0) is 10.2 Å². The van der Waals surface area contributed by atoms with E-state index in [0.717, 1.165) is 27.3 Å². The van der Waals surface area contributed by atoms with Crippen molar-refractivity contribution in [3.05, 3.63) is 82.3 Å². The molecule has 3 rings (SSSR count). The van der Waals surface area contributed by atoms with Crippen LogP contribution in [-0.4, -0.2) is 12.5 Å². The van der Waals surface area contributed by atoms with Crippen molar-refractivity contribution in [3.8, 4) is 5.75 Å². The zero-order valence-electron chi connectivity index (χ0n) is 19.2. The molecule has 3 aromatic carbocycles. The second-order valence-corrected chi connectivity index (χ2v) is 9.79. The van der Waals surface area contributed by atoms with Crippen LogP contribution in [0, 0.1) is 6.92 Å². The first-order valence-electron chi connectivity index (χ1n) is 10.9. The fraction of sp³-hybridized carbons (Fsp3) is 0.296. The Morgan fingerprint density at radius 1 is 0.969 bits per heavy atom. The number of hydrogen-bond donors (Lipinski definition) is 2. The van der Waals surface area contributed by atoms with Gasteiger partial charge in [0.15, 0.2) is 0 Å². The number of anilines is 3. The number of aryl methyl sites for hydroxylation is 1. The number of ether oxygens (including phenoxy) is 1. The Balaban J connectivity index is 1.50. The molecule has 0 fully saturated rings. The molecule has 0 unspecified atom stereocenters. The Bertz CT molecular complexity index is 1060. The normalized spacial score (nSPS) is 11.2. The second kappa shape index (κ2) is 10.7. The smallest absolute Gasteiger partial charge is 0.224 e. The Hall–Kier alpha value is -2.79. The summed E-state index contributed by atoms with van der Waals surface area (Å²) in [5, 5.41) is 6.38. The number of benzene rings is 3. The van der Waals surface area contributed by atoms with Crippen molar-refractivity contribution in [1.82, 2.24) is 0 Å². The third-order valence-corrected chi connectivity index (χ3v) is 5.76. The lowest BCUT2D eigenvalue weighted by Gasteiger charge is -2.20. The standard InChI is InChI=1S/C27H31BrN2O2/c1-19-11-14-21(15-12-19)29-23-8-5-6-9-24(23)30-26(31)10-7-17-32-25-16-13-20(18-22(25)28)27(2,3)4/h5-6,8-9,11-16,18,29H,7,10,17H2,1-4H3,(H,30,31). The zero-order chi connectivity index (χ0) is 23.1. The van der Waals surface area contributed by atoms with Crippen LogP contribution in [0.4, 0.5) is 17.1 Å². The summed E-state index contributed by atoms with van der Waals surface area (Å²) in [6, 6.07) is 22.0. The monoisotopic (exact) mass is 494 g/mol. The lowest BCUT2D eigenvalue weighted by atomic mass is 9.87. The average Bonchev–Trinajstić information content (AvgIpc) is 2.74. The molecule has 0 atom stereocenters. The topological polar surface area (TPSA) is 50.4 Å². The van der Waals surface area contributed by atoms with Gasteiger partial charge in [-0.1, -0.05) is 56.7 Å². The van der Waals surface area contributed by atoms with E-state index in [9.17, 15) is 4.79 Å². The fourth-order valence-electron chi connectivity index (χ4n) is 3.21. The molecule has 0 heterocycles. The SMILES string of the molecule is Cc1ccc(Nc2ccccc2NC(=O)CCCOc2ccc(C(C)(C)C)cc2Br)cc1. The maximum absolute atomic E-state index is 12.5. The predicted molar refractivity (Wildman–Crippen MR) is 137 cm³/mol. The van der Waals surface area contributed by atoms with Crippen molar-refractivity contribution in [2.45, 2.75) is 46.0 Å². The van der Waals surface area contributed by atoms with Gasteiger partial charge < -0.3 is 15.4 Å². The molecule has 0 saturated heterocycles. The first kappa shape index (κ1) is 23.9. The van der Waals surface area contributed by atoms with Gasteiger partial charge in [0.25, 0.3) is 0 Å². The molecule has 0 bridgehead atoms. The van der Waals surface area contributed by atoms with Gasteiger partial charge in [0.05, 0.1) is 22.5 Å². The molecule has 0 aliphatic heterocycles. The minimum Gasteiger partial charge on any atom is -0.492 e. The van der Waals surface area contributed by atoms with Gasteiger partial charge in [-0.2, -0.15) is 0 Å². The second-order valence-electron chi connectivity index (χ2n) is 8.93. The summed E-state index contributed by atoms with van der Waals surface area (Å²) in [7, 11) is 0. The van der Waals surface area contributed by atoms with E-state index in [-0.39, 0.29) is 11.3 Å². The van der Waals surface area contributed by atoms with Crippen LogP contribution in [0.5, 0.6) is 5.75 Å². The molecule has 4 nitrogen and oxygen atoms in total. The van der Waals surface area contributed by atoms with E-state index in [1.54, 1.807) is 0 Å². The highest BCUT2D eigenvalue weighted by Crippen LogP contribution is 2.31. The van der Waals surface area contributed by atoms with Crippen molar-refractivity contribution >= 4 is 38.9 Å². The maximum atomic E-state index is 12.5. The van der Waals surface area contributed by atoms with Gasteiger partial charge in [0.2, 0.25) is 5.91 Å². The minimum absolute atomic E-state index is 0.0334. The highest BCUT2D eigenvalue weighted by Gasteiger charge is 2.15. The highest BCUT2D eigenvalue weighted by molar-refractivity contribution is 9.10. The third-order valence-electron chi connectivity index (χ3n) is 5.14. The molecule has 1 amide bonds. The highest BCUT2D eigenvalue weighted by atomic mass is 79.9. The van der Waals surface area contributed by atoms with Crippen LogP contribution >= 0.6 is 15.9 Å². The van der Waals surface area contributed by atoms with Crippen molar-refractivity contribution in [3.63, 3.8) is 0 Å². The molecule has 0 radical (unpaired) electrons. The Labute approximate surface area is 199 Å². The molecule has 2 N–H and O–H groups in total. The number of hydrogen-bond acceptors (Lipinski definition) is 3. The predicted octanol–water partition coefficient (Wildman–Crippen LogP) is 7.60. The summed E-state index contributed by atoms with van der Waals surface area (Å²) in [6.07, 6.45) is 1.02. The number of nitrogens with one attached hydrogen (secondary N) is 2. The lowest BCUT2D eigenvalue weighted by Crippen LogP contribution is -2.14. The van der Waals surface area contributed by atoms with E-state index >= 15 is 0 Å². The molecule has 5 heteroatoms. The first-order valence-corrected chi connectivity index (χ1v) is 11.7. The van der Waals surface area contributed by atoms with Gasteiger partial charge in [-0.3, -0.25) is 4.79 Å². The van der Waals surface area contributed by atoms with E-state index in [1.165, 1.54) is 11.1 Å². The Morgan fingerprint density at radius 3 is 2.31 bits per heavy atom. The number of para-hydroxylation sites is 2. The van der Waals surface area contributed by atoms with Crippen molar-refractivity contribution < 1.29 is 9.53 Å².